The summed E-state index contributed by atoms with van der Waals surface area (Å²) in [5.41, 5.74) is 6.06. The number of para-hydroxylation sites is 1. The van der Waals surface area contributed by atoms with E-state index >= 15 is 0 Å². The van der Waals surface area contributed by atoms with Crippen LogP contribution in [0.15, 0.2) is 64.3 Å². The summed E-state index contributed by atoms with van der Waals surface area (Å²) in [6.45, 7) is 5.21. The highest BCUT2D eigenvalue weighted by Crippen LogP contribution is 2.27. The number of H-pyrrole nitrogens is 1. The van der Waals surface area contributed by atoms with Crippen LogP contribution in [0, 0.1) is 6.92 Å². The van der Waals surface area contributed by atoms with Crippen molar-refractivity contribution in [1.29, 1.82) is 0 Å². The van der Waals surface area contributed by atoms with Gasteiger partial charge in [0.05, 0.1) is 11.9 Å². The number of hydrogen-bond donors (Lipinski definition) is 1. The van der Waals surface area contributed by atoms with Gasteiger partial charge < -0.3 is 18.9 Å². The Labute approximate surface area is 227 Å². The summed E-state index contributed by atoms with van der Waals surface area (Å²) in [7, 11) is 2.04. The van der Waals surface area contributed by atoms with Gasteiger partial charge in [0.15, 0.2) is 11.0 Å². The molecule has 9 heteroatoms. The first-order valence-corrected chi connectivity index (χ1v) is 13.5. The molecule has 7 nitrogen and oxygen atoms in total. The van der Waals surface area contributed by atoms with E-state index in [2.05, 4.69) is 72.1 Å². The summed E-state index contributed by atoms with van der Waals surface area (Å²) in [6.07, 6.45) is 5.05. The van der Waals surface area contributed by atoms with E-state index in [4.69, 9.17) is 4.42 Å². The van der Waals surface area contributed by atoms with Crippen LogP contribution in [0.5, 0.6) is 0 Å². The number of fused-ring (bicyclic) bond motifs is 2. The lowest BCUT2D eigenvalue weighted by Gasteiger charge is -2.19. The van der Waals surface area contributed by atoms with Gasteiger partial charge >= 0.3 is 0 Å². The van der Waals surface area contributed by atoms with Gasteiger partial charge in [-0.25, -0.2) is 4.98 Å². The lowest BCUT2D eigenvalue weighted by atomic mass is 10.00. The molecular weight excluding hydrogens is 504 g/mol. The van der Waals surface area contributed by atoms with Gasteiger partial charge in [-0.05, 0) is 68.1 Å². The number of hydrogen-bond acceptors (Lipinski definition) is 6. The second kappa shape index (κ2) is 11.1. The quantitative estimate of drug-likeness (QED) is 0.206. The average molecular weight is 535 g/mol. The van der Waals surface area contributed by atoms with Gasteiger partial charge in [-0.3, -0.25) is 0 Å². The fourth-order valence-corrected chi connectivity index (χ4v) is 5.77. The molecule has 1 N–H and O–H groups in total. The van der Waals surface area contributed by atoms with Gasteiger partial charge in [0, 0.05) is 42.4 Å². The van der Waals surface area contributed by atoms with Crippen molar-refractivity contribution in [2.45, 2.75) is 31.3 Å². The van der Waals surface area contributed by atoms with Crippen LogP contribution in [0.2, 0.25) is 0 Å². The number of aromatic amines is 1. The summed E-state index contributed by atoms with van der Waals surface area (Å²) in [4.78, 5) is 10.4. The first kappa shape index (κ1) is 25.6. The monoisotopic (exact) mass is 534 g/mol. The number of aryl methyl sites for hydroxylation is 1. The van der Waals surface area contributed by atoms with Crippen molar-refractivity contribution in [2.24, 2.45) is 7.05 Å². The van der Waals surface area contributed by atoms with Gasteiger partial charge in [-0.1, -0.05) is 36.0 Å². The number of thioether (sulfide) groups is 1. The zero-order valence-electron chi connectivity index (χ0n) is 21.1. The van der Waals surface area contributed by atoms with Crippen LogP contribution in [0.25, 0.3) is 33.9 Å². The van der Waals surface area contributed by atoms with Crippen LogP contribution in [-0.4, -0.2) is 55.0 Å². The van der Waals surface area contributed by atoms with Crippen LogP contribution in [0.4, 0.5) is 0 Å². The molecule has 0 aliphatic carbocycles. The maximum Gasteiger partial charge on any atom is 0.226 e. The molecule has 0 radical (unpaired) electrons. The smallest absolute Gasteiger partial charge is 0.226 e. The van der Waals surface area contributed by atoms with Gasteiger partial charge in [-0.15, -0.1) is 22.6 Å². The molecule has 0 amide bonds. The number of nitrogens with zero attached hydrogens (tertiary/aromatic N) is 5. The molecule has 1 aliphatic heterocycles. The van der Waals surface area contributed by atoms with E-state index in [1.54, 1.807) is 18.0 Å². The Kier molecular flexibility index (Phi) is 7.69. The molecule has 2 aromatic carbocycles. The Hall–Kier alpha value is -3.07. The normalized spacial score (nSPS) is 13.9. The average Bonchev–Trinajstić information content (AvgIpc) is 3.57. The van der Waals surface area contributed by atoms with E-state index in [0.29, 0.717) is 5.89 Å². The van der Waals surface area contributed by atoms with Gasteiger partial charge in [0.25, 0.3) is 0 Å². The number of halogens is 1. The van der Waals surface area contributed by atoms with Gasteiger partial charge in [-0.2, -0.15) is 0 Å². The third kappa shape index (κ3) is 5.46. The summed E-state index contributed by atoms with van der Waals surface area (Å²) >= 11 is 1.78. The Balaban J connectivity index is 0.00000280. The van der Waals surface area contributed by atoms with Crippen molar-refractivity contribution in [3.63, 3.8) is 0 Å². The van der Waals surface area contributed by atoms with Crippen LogP contribution < -0.4 is 0 Å². The predicted molar refractivity (Wildman–Crippen MR) is 151 cm³/mol. The van der Waals surface area contributed by atoms with Crippen molar-refractivity contribution in [3.05, 3.63) is 71.6 Å². The highest BCUT2D eigenvalue weighted by molar-refractivity contribution is 7.99. The molecule has 0 saturated heterocycles. The van der Waals surface area contributed by atoms with E-state index in [9.17, 15) is 0 Å². The fourth-order valence-electron chi connectivity index (χ4n) is 4.94. The fraction of sp³-hybridized carbons (Fsp3) is 0.321. The van der Waals surface area contributed by atoms with Crippen molar-refractivity contribution >= 4 is 35.1 Å². The van der Waals surface area contributed by atoms with E-state index in [-0.39, 0.29) is 12.4 Å². The predicted octanol–water partition coefficient (Wildman–Crippen LogP) is 5.93. The first-order valence-electron chi connectivity index (χ1n) is 12.5. The number of oxazole rings is 1. The first-order chi connectivity index (χ1) is 17.6. The highest BCUT2D eigenvalue weighted by Gasteiger charge is 2.17. The minimum Gasteiger partial charge on any atom is -0.441 e. The lowest BCUT2D eigenvalue weighted by molar-refractivity contribution is 0.289. The van der Waals surface area contributed by atoms with E-state index in [0.717, 1.165) is 78.2 Å². The molecule has 4 heterocycles. The third-order valence-electron chi connectivity index (χ3n) is 6.92. The largest absolute Gasteiger partial charge is 0.441 e. The molecule has 192 valence electrons. The molecule has 0 bridgehead atoms. The second-order valence-corrected chi connectivity index (χ2v) is 10.5. The number of rotatable bonds is 7. The van der Waals surface area contributed by atoms with Crippen molar-refractivity contribution in [1.82, 2.24) is 29.6 Å². The second-order valence-electron chi connectivity index (χ2n) is 9.44. The summed E-state index contributed by atoms with van der Waals surface area (Å²) < 4.78 is 7.81. The Bertz CT molecular complexity index is 1470. The highest BCUT2D eigenvalue weighted by atomic mass is 35.5. The Morgan fingerprint density at radius 2 is 1.86 bits per heavy atom. The topological polar surface area (TPSA) is 75.8 Å². The van der Waals surface area contributed by atoms with Crippen LogP contribution in [0.3, 0.4) is 0 Å². The van der Waals surface area contributed by atoms with Crippen LogP contribution in [0.1, 0.15) is 23.3 Å². The number of aromatic nitrogens is 5. The minimum atomic E-state index is 0. The van der Waals surface area contributed by atoms with Crippen molar-refractivity contribution in [2.75, 3.05) is 25.4 Å². The standard InChI is InChI=1S/C28H30N6OS.ClH/c1-19-18-29-27(35-19)23-9-8-20-10-13-34(14-11-21(20)16-23)12-5-15-36-28-32-31-26(33(28)2)25-17-22-6-3-4-7-24(22)30-25;/h3-4,6-9,16-18,30H,5,10-15H2,1-2H3;1H. The van der Waals surface area contributed by atoms with Crippen molar-refractivity contribution < 1.29 is 4.42 Å². The molecule has 0 spiro atoms. The van der Waals surface area contributed by atoms with Gasteiger partial charge in [0.1, 0.15) is 5.76 Å². The summed E-state index contributed by atoms with van der Waals surface area (Å²) in [5.74, 6) is 3.46. The molecule has 3 aromatic heterocycles. The maximum absolute atomic E-state index is 5.73. The molecular formula is C28H31ClN6OS. The minimum absolute atomic E-state index is 0. The summed E-state index contributed by atoms with van der Waals surface area (Å²) in [5, 5.41) is 11.1. The molecule has 37 heavy (non-hydrogen) atoms. The Morgan fingerprint density at radius 1 is 1.03 bits per heavy atom. The molecule has 0 fully saturated rings. The lowest BCUT2D eigenvalue weighted by Crippen LogP contribution is -2.27. The van der Waals surface area contributed by atoms with Gasteiger partial charge in [0.2, 0.25) is 5.89 Å². The number of nitrogens with one attached hydrogen (secondary N) is 1. The molecule has 0 saturated carbocycles. The molecule has 1 aliphatic rings. The SMILES string of the molecule is Cc1cnc(-c2ccc3c(c2)CCN(CCCSc2nnc(-c4cc5ccccc5[nH]4)n2C)CC3)o1.Cl. The Morgan fingerprint density at radius 3 is 2.68 bits per heavy atom. The van der Waals surface area contributed by atoms with Crippen LogP contribution in [-0.2, 0) is 19.9 Å². The number of benzene rings is 2. The van der Waals surface area contributed by atoms with Crippen molar-refractivity contribution in [3.8, 4) is 23.0 Å². The van der Waals surface area contributed by atoms with E-state index in [1.165, 1.54) is 16.5 Å². The summed E-state index contributed by atoms with van der Waals surface area (Å²) in [6, 6.07) is 17.1. The molecule has 0 unspecified atom stereocenters. The molecule has 5 aromatic rings. The third-order valence-corrected chi connectivity index (χ3v) is 8.03. The molecule has 0 atom stereocenters. The van der Waals surface area contributed by atoms with Crippen LogP contribution >= 0.6 is 24.2 Å². The zero-order valence-corrected chi connectivity index (χ0v) is 22.7. The maximum atomic E-state index is 5.73. The zero-order chi connectivity index (χ0) is 24.5. The van der Waals surface area contributed by atoms with E-state index in [1.807, 2.05) is 20.0 Å². The molecule has 6 rings (SSSR count). The van der Waals surface area contributed by atoms with E-state index < -0.39 is 0 Å².